The highest BCUT2D eigenvalue weighted by molar-refractivity contribution is 7.83. The van der Waals surface area contributed by atoms with Gasteiger partial charge in [0.25, 0.3) is 0 Å². The standard InChI is InChI=1S/C19H30ClN4O5P/c20-30(27,24-9-5-14(6-10-24)23-7-1-2-8-23)28-13-15-11-21-12-17(29-15)16-3-4-18(25)22-19(16)26/h3-4,14-17,21H,1-2,5-13H2,(H,22,25,26)/t15-,16?,17?,30?/m0/s1. The molecule has 2 N–H and O–H groups in total. The lowest BCUT2D eigenvalue weighted by molar-refractivity contribution is -0.138. The van der Waals surface area contributed by atoms with E-state index in [1.807, 2.05) is 0 Å². The van der Waals surface area contributed by atoms with Gasteiger partial charge in [0.05, 0.1) is 24.7 Å². The van der Waals surface area contributed by atoms with E-state index < -0.39 is 24.8 Å². The predicted molar refractivity (Wildman–Crippen MR) is 112 cm³/mol. The van der Waals surface area contributed by atoms with E-state index in [1.165, 1.54) is 18.9 Å². The Morgan fingerprint density at radius 3 is 2.60 bits per heavy atom. The molecule has 0 radical (unpaired) electrons. The van der Waals surface area contributed by atoms with Gasteiger partial charge in [0.1, 0.15) is 0 Å². The molecule has 0 aliphatic carbocycles. The predicted octanol–water partition coefficient (Wildman–Crippen LogP) is 1.10. The third-order valence-electron chi connectivity index (χ3n) is 6.34. The van der Waals surface area contributed by atoms with Crippen molar-refractivity contribution in [2.45, 2.75) is 43.9 Å². The molecular weight excluding hydrogens is 431 g/mol. The van der Waals surface area contributed by atoms with Gasteiger partial charge in [-0.3, -0.25) is 19.5 Å². The molecule has 0 bridgehead atoms. The summed E-state index contributed by atoms with van der Waals surface area (Å²) in [6.07, 6.45) is 6.53. The molecule has 9 nitrogen and oxygen atoms in total. The zero-order valence-corrected chi connectivity index (χ0v) is 18.7. The van der Waals surface area contributed by atoms with Crippen molar-refractivity contribution in [1.29, 1.82) is 0 Å². The molecule has 4 aliphatic rings. The number of hydrogen-bond donors (Lipinski definition) is 2. The lowest BCUT2D eigenvalue weighted by Gasteiger charge is -2.38. The molecule has 4 aliphatic heterocycles. The summed E-state index contributed by atoms with van der Waals surface area (Å²) < 4.78 is 26.4. The number of morpholine rings is 1. The molecule has 3 fully saturated rings. The van der Waals surface area contributed by atoms with E-state index in [-0.39, 0.29) is 18.6 Å². The highest BCUT2D eigenvalue weighted by Crippen LogP contribution is 2.57. The molecule has 0 spiro atoms. The Hall–Kier alpha value is -0.800. The van der Waals surface area contributed by atoms with Crippen LogP contribution in [0.1, 0.15) is 25.7 Å². The summed E-state index contributed by atoms with van der Waals surface area (Å²) in [4.78, 5) is 25.9. The Morgan fingerprint density at radius 2 is 1.90 bits per heavy atom. The molecule has 0 aromatic carbocycles. The summed E-state index contributed by atoms with van der Waals surface area (Å²) in [5.41, 5.74) is 0. The van der Waals surface area contributed by atoms with Crippen LogP contribution in [-0.4, -0.2) is 85.5 Å². The molecule has 30 heavy (non-hydrogen) atoms. The molecule has 0 aromatic heterocycles. The maximum absolute atomic E-state index is 13.0. The maximum Gasteiger partial charge on any atom is 0.363 e. The summed E-state index contributed by atoms with van der Waals surface area (Å²) in [7, 11) is 0. The number of amides is 2. The van der Waals surface area contributed by atoms with Crippen LogP contribution >= 0.6 is 18.1 Å². The van der Waals surface area contributed by atoms with Gasteiger partial charge in [-0.2, -0.15) is 0 Å². The molecule has 11 heteroatoms. The van der Waals surface area contributed by atoms with Crippen molar-refractivity contribution >= 4 is 29.9 Å². The first-order valence-electron chi connectivity index (χ1n) is 10.8. The summed E-state index contributed by atoms with van der Waals surface area (Å²) in [6, 6.07) is 0.550. The van der Waals surface area contributed by atoms with Crippen LogP contribution in [0.15, 0.2) is 12.2 Å². The van der Waals surface area contributed by atoms with E-state index in [1.54, 1.807) is 10.7 Å². The monoisotopic (exact) mass is 460 g/mol. The molecular formula is C19H30ClN4O5P. The van der Waals surface area contributed by atoms with E-state index in [0.717, 1.165) is 25.9 Å². The fraction of sp³-hybridized carbons (Fsp3) is 0.789. The van der Waals surface area contributed by atoms with Crippen molar-refractivity contribution in [1.82, 2.24) is 20.2 Å². The van der Waals surface area contributed by atoms with Crippen molar-refractivity contribution < 1.29 is 23.4 Å². The number of likely N-dealkylation sites (tertiary alicyclic amines) is 1. The number of nitrogens with zero attached hydrogens (tertiary/aromatic N) is 2. The van der Waals surface area contributed by atoms with Crippen LogP contribution in [0.25, 0.3) is 0 Å². The van der Waals surface area contributed by atoms with Crippen molar-refractivity contribution in [2.75, 3.05) is 45.9 Å². The van der Waals surface area contributed by atoms with E-state index >= 15 is 0 Å². The van der Waals surface area contributed by atoms with E-state index in [4.69, 9.17) is 20.5 Å². The molecule has 3 unspecified atom stereocenters. The first-order valence-corrected chi connectivity index (χ1v) is 13.2. The van der Waals surface area contributed by atoms with E-state index in [9.17, 15) is 14.2 Å². The van der Waals surface area contributed by atoms with E-state index in [0.29, 0.717) is 32.2 Å². The Balaban J connectivity index is 1.25. The van der Waals surface area contributed by atoms with Gasteiger partial charge in [-0.1, -0.05) is 6.08 Å². The second kappa shape index (κ2) is 9.77. The Bertz CT molecular complexity index is 724. The minimum absolute atomic E-state index is 0.0767. The fourth-order valence-corrected chi connectivity index (χ4v) is 6.52. The van der Waals surface area contributed by atoms with Gasteiger partial charge in [-0.25, -0.2) is 4.67 Å². The summed E-state index contributed by atoms with van der Waals surface area (Å²) in [6.45, 7) is 1.30. The van der Waals surface area contributed by atoms with Crippen molar-refractivity contribution in [3.05, 3.63) is 12.2 Å². The molecule has 0 saturated carbocycles. The quantitative estimate of drug-likeness (QED) is 0.449. The Morgan fingerprint density at radius 1 is 1.17 bits per heavy atom. The third kappa shape index (κ3) is 5.33. The highest BCUT2D eigenvalue weighted by atomic mass is 35.7. The zero-order valence-electron chi connectivity index (χ0n) is 17.0. The van der Waals surface area contributed by atoms with Crippen LogP contribution in [0.4, 0.5) is 0 Å². The summed E-state index contributed by atoms with van der Waals surface area (Å²) in [5, 5.41) is 5.50. The number of rotatable bonds is 6. The van der Waals surface area contributed by atoms with Crippen molar-refractivity contribution in [3.63, 3.8) is 0 Å². The lowest BCUT2D eigenvalue weighted by atomic mass is 9.97. The third-order valence-corrected chi connectivity index (χ3v) is 8.82. The Labute approximate surface area is 181 Å². The molecule has 4 heterocycles. The summed E-state index contributed by atoms with van der Waals surface area (Å²) in [5.74, 6) is -1.35. The highest BCUT2D eigenvalue weighted by Gasteiger charge is 2.38. The first kappa shape index (κ1) is 22.4. The topological polar surface area (TPSA) is 100 Å². The average Bonchev–Trinajstić information content (AvgIpc) is 3.28. The number of imide groups is 1. The van der Waals surface area contributed by atoms with Crippen LogP contribution in [0.3, 0.4) is 0 Å². The number of ether oxygens (including phenoxy) is 1. The number of carbonyl (C=O) groups is 2. The fourth-order valence-electron chi connectivity index (χ4n) is 4.68. The average molecular weight is 461 g/mol. The number of nitrogens with one attached hydrogen (secondary N) is 2. The van der Waals surface area contributed by atoms with Gasteiger partial charge >= 0.3 is 6.87 Å². The lowest BCUT2D eigenvalue weighted by Crippen LogP contribution is -2.53. The van der Waals surface area contributed by atoms with Gasteiger partial charge in [0.15, 0.2) is 0 Å². The molecule has 4 atom stereocenters. The number of piperidine rings is 1. The largest absolute Gasteiger partial charge is 0.369 e. The SMILES string of the molecule is O=C1C=CC(C2CNC[C@@H](COP(=O)(Cl)N3CCC(N4CCCC4)CC3)O2)C(=O)N1. The van der Waals surface area contributed by atoms with Gasteiger partial charge in [0, 0.05) is 38.3 Å². The molecule has 0 aromatic rings. The second-order valence-electron chi connectivity index (χ2n) is 8.37. The number of halogens is 1. The van der Waals surface area contributed by atoms with Crippen LogP contribution in [0, 0.1) is 5.92 Å². The zero-order chi connectivity index (χ0) is 21.1. The minimum Gasteiger partial charge on any atom is -0.369 e. The maximum atomic E-state index is 13.0. The van der Waals surface area contributed by atoms with Crippen molar-refractivity contribution in [3.8, 4) is 0 Å². The summed E-state index contributed by atoms with van der Waals surface area (Å²) >= 11 is 6.32. The smallest absolute Gasteiger partial charge is 0.363 e. The molecule has 4 rings (SSSR count). The second-order valence-corrected chi connectivity index (χ2v) is 11.4. The first-order chi connectivity index (χ1) is 14.4. The van der Waals surface area contributed by atoms with Crippen molar-refractivity contribution in [2.24, 2.45) is 5.92 Å². The van der Waals surface area contributed by atoms with Crippen LogP contribution in [-0.2, 0) is 23.4 Å². The number of hydrogen-bond acceptors (Lipinski definition) is 7. The minimum atomic E-state index is -3.42. The molecule has 168 valence electrons. The molecule has 3 saturated heterocycles. The van der Waals surface area contributed by atoms with Gasteiger partial charge in [-0.05, 0) is 50.0 Å². The van der Waals surface area contributed by atoms with Gasteiger partial charge in [-0.15, -0.1) is 0 Å². The Kier molecular flexibility index (Phi) is 7.30. The normalized spacial score (nSPS) is 34.1. The van der Waals surface area contributed by atoms with Gasteiger partial charge in [0.2, 0.25) is 11.8 Å². The van der Waals surface area contributed by atoms with Crippen LogP contribution in [0.5, 0.6) is 0 Å². The molecule has 2 amide bonds. The van der Waals surface area contributed by atoms with Crippen LogP contribution in [0.2, 0.25) is 0 Å². The van der Waals surface area contributed by atoms with E-state index in [2.05, 4.69) is 15.5 Å². The van der Waals surface area contributed by atoms with Gasteiger partial charge < -0.3 is 19.5 Å². The number of carbonyl (C=O) groups excluding carboxylic acids is 2. The van der Waals surface area contributed by atoms with Crippen LogP contribution < -0.4 is 10.6 Å².